The molecule has 1 atom stereocenters. The molecular weight excluding hydrogens is 450 g/mol. The van der Waals surface area contributed by atoms with E-state index < -0.39 is 0 Å². The molecule has 184 valence electrons. The number of aryl methyl sites for hydroxylation is 2. The normalized spacial score (nSPS) is 15.8. The minimum absolute atomic E-state index is 0.0177. The van der Waals surface area contributed by atoms with Gasteiger partial charge in [-0.25, -0.2) is 9.97 Å². The van der Waals surface area contributed by atoms with Crippen molar-refractivity contribution in [2.24, 2.45) is 5.92 Å². The van der Waals surface area contributed by atoms with E-state index in [1.165, 1.54) is 5.56 Å². The zero-order valence-corrected chi connectivity index (χ0v) is 21.0. The van der Waals surface area contributed by atoms with Gasteiger partial charge in [0.15, 0.2) is 11.5 Å². The van der Waals surface area contributed by atoms with Crippen molar-refractivity contribution in [3.8, 4) is 0 Å². The molecule has 0 aliphatic carbocycles. The van der Waals surface area contributed by atoms with Crippen LogP contribution in [0.25, 0.3) is 11.2 Å². The number of rotatable bonds is 5. The number of pyridine rings is 1. The fraction of sp³-hybridized carbons (Fsp3) is 0.310. The second kappa shape index (κ2) is 9.93. The fourth-order valence-corrected chi connectivity index (χ4v) is 4.80. The number of amides is 1. The third-order valence-electron chi connectivity index (χ3n) is 7.10. The molecule has 0 unspecified atom stereocenters. The number of nitrogens with zero attached hydrogens (tertiary/aromatic N) is 4. The predicted molar refractivity (Wildman–Crippen MR) is 144 cm³/mol. The zero-order chi connectivity index (χ0) is 25.2. The highest BCUT2D eigenvalue weighted by Crippen LogP contribution is 2.24. The molecule has 7 nitrogen and oxygen atoms in total. The monoisotopic (exact) mass is 481 g/mol. The molecule has 1 aliphatic rings. The fourth-order valence-electron chi connectivity index (χ4n) is 4.80. The minimum atomic E-state index is -0.227. The lowest BCUT2D eigenvalue weighted by atomic mass is 9.96. The van der Waals surface area contributed by atoms with Gasteiger partial charge in [-0.1, -0.05) is 42.0 Å². The van der Waals surface area contributed by atoms with Crippen LogP contribution in [0.4, 0.5) is 11.5 Å². The first-order valence-electron chi connectivity index (χ1n) is 12.4. The van der Waals surface area contributed by atoms with Gasteiger partial charge in [0.05, 0.1) is 12.5 Å². The molecule has 2 aromatic heterocycles. The van der Waals surface area contributed by atoms with Gasteiger partial charge in [0.1, 0.15) is 5.52 Å². The van der Waals surface area contributed by atoms with Crippen LogP contribution in [0.5, 0.6) is 0 Å². The van der Waals surface area contributed by atoms with Gasteiger partial charge in [-0.3, -0.25) is 14.2 Å². The van der Waals surface area contributed by atoms with E-state index >= 15 is 0 Å². The molecule has 4 aromatic rings. The molecule has 0 saturated carbocycles. The number of hydrogen-bond donors (Lipinski definition) is 1. The second-order valence-corrected chi connectivity index (χ2v) is 9.68. The van der Waals surface area contributed by atoms with Gasteiger partial charge in [0.25, 0.3) is 5.56 Å². The molecule has 1 N–H and O–H groups in total. The van der Waals surface area contributed by atoms with Gasteiger partial charge < -0.3 is 10.2 Å². The second-order valence-electron chi connectivity index (χ2n) is 9.68. The first-order chi connectivity index (χ1) is 17.4. The molecule has 1 aliphatic heterocycles. The Morgan fingerprint density at radius 3 is 2.67 bits per heavy atom. The Balaban J connectivity index is 1.44. The molecule has 5 rings (SSSR count). The molecule has 1 amide bonds. The van der Waals surface area contributed by atoms with Gasteiger partial charge in [0.2, 0.25) is 5.91 Å². The highest BCUT2D eigenvalue weighted by molar-refractivity contribution is 5.94. The van der Waals surface area contributed by atoms with Crippen LogP contribution < -0.4 is 15.8 Å². The van der Waals surface area contributed by atoms with E-state index in [4.69, 9.17) is 4.98 Å². The van der Waals surface area contributed by atoms with Crippen LogP contribution in [-0.2, 0) is 11.3 Å². The number of fused-ring (bicyclic) bond motifs is 1. The van der Waals surface area contributed by atoms with Crippen LogP contribution >= 0.6 is 0 Å². The number of anilines is 2. The van der Waals surface area contributed by atoms with Crippen LogP contribution in [-0.4, -0.2) is 33.5 Å². The highest BCUT2D eigenvalue weighted by atomic mass is 16.2. The lowest BCUT2D eigenvalue weighted by molar-refractivity contribution is -0.120. The Morgan fingerprint density at radius 1 is 1.06 bits per heavy atom. The van der Waals surface area contributed by atoms with Crippen molar-refractivity contribution in [2.75, 3.05) is 23.3 Å². The summed E-state index contributed by atoms with van der Waals surface area (Å²) < 4.78 is 1.70. The Hall–Kier alpha value is -4.00. The van der Waals surface area contributed by atoms with E-state index in [0.717, 1.165) is 35.2 Å². The molecule has 3 heterocycles. The van der Waals surface area contributed by atoms with Crippen molar-refractivity contribution in [2.45, 2.75) is 40.2 Å². The SMILES string of the molecule is Cc1ccc(Cn2c(=O)c(N3CCC[C@H](C(=O)Nc4cccc(C)c4C)C3)nc3cccnc32)cc1. The average Bonchev–Trinajstić information content (AvgIpc) is 2.89. The number of nitrogens with one attached hydrogen (secondary N) is 1. The Bertz CT molecular complexity index is 1480. The summed E-state index contributed by atoms with van der Waals surface area (Å²) in [7, 11) is 0. The van der Waals surface area contributed by atoms with E-state index in [1.54, 1.807) is 10.8 Å². The van der Waals surface area contributed by atoms with Gasteiger partial charge in [0, 0.05) is 25.0 Å². The van der Waals surface area contributed by atoms with Gasteiger partial charge >= 0.3 is 0 Å². The van der Waals surface area contributed by atoms with Crippen LogP contribution in [0.15, 0.2) is 65.6 Å². The Labute approximate surface area is 210 Å². The van der Waals surface area contributed by atoms with Crippen LogP contribution in [0.1, 0.15) is 35.1 Å². The largest absolute Gasteiger partial charge is 0.351 e. The topological polar surface area (TPSA) is 80.1 Å². The summed E-state index contributed by atoms with van der Waals surface area (Å²) in [6, 6.07) is 17.8. The minimum Gasteiger partial charge on any atom is -0.351 e. The molecule has 36 heavy (non-hydrogen) atoms. The number of benzene rings is 2. The summed E-state index contributed by atoms with van der Waals surface area (Å²) in [4.78, 5) is 38.1. The molecule has 0 spiro atoms. The van der Waals surface area contributed by atoms with E-state index in [0.29, 0.717) is 36.6 Å². The smallest absolute Gasteiger partial charge is 0.295 e. The maximum atomic E-state index is 13.7. The van der Waals surface area contributed by atoms with E-state index in [2.05, 4.69) is 10.3 Å². The van der Waals surface area contributed by atoms with Gasteiger partial charge in [-0.15, -0.1) is 0 Å². The molecule has 0 bridgehead atoms. The summed E-state index contributed by atoms with van der Waals surface area (Å²) in [5.41, 5.74) is 6.29. The number of carbonyl (C=O) groups is 1. The van der Waals surface area contributed by atoms with Crippen molar-refractivity contribution in [1.82, 2.24) is 14.5 Å². The predicted octanol–water partition coefficient (Wildman–Crippen LogP) is 4.62. The average molecular weight is 482 g/mol. The van der Waals surface area contributed by atoms with Crippen molar-refractivity contribution < 1.29 is 4.79 Å². The maximum Gasteiger partial charge on any atom is 0.295 e. The van der Waals surface area contributed by atoms with E-state index in [9.17, 15) is 9.59 Å². The molecule has 2 aromatic carbocycles. The van der Waals surface area contributed by atoms with Crippen LogP contribution in [0, 0.1) is 26.7 Å². The summed E-state index contributed by atoms with van der Waals surface area (Å²) in [6.07, 6.45) is 3.28. The van der Waals surface area contributed by atoms with Crippen LogP contribution in [0.3, 0.4) is 0 Å². The van der Waals surface area contributed by atoms with E-state index in [1.807, 2.05) is 80.3 Å². The zero-order valence-electron chi connectivity index (χ0n) is 21.0. The number of aromatic nitrogens is 3. The molecular formula is C29H31N5O2. The number of carbonyl (C=O) groups excluding carboxylic acids is 1. The molecule has 1 saturated heterocycles. The van der Waals surface area contributed by atoms with Crippen LogP contribution in [0.2, 0.25) is 0 Å². The van der Waals surface area contributed by atoms with Crippen molar-refractivity contribution >= 4 is 28.6 Å². The first-order valence-corrected chi connectivity index (χ1v) is 12.4. The first kappa shape index (κ1) is 23.7. The number of piperidine rings is 1. The summed E-state index contributed by atoms with van der Waals surface area (Å²) in [6.45, 7) is 7.64. The van der Waals surface area contributed by atoms with Crippen molar-refractivity contribution in [1.29, 1.82) is 0 Å². The maximum absolute atomic E-state index is 13.7. The lowest BCUT2D eigenvalue weighted by Crippen LogP contribution is -2.44. The van der Waals surface area contributed by atoms with Crippen molar-refractivity contribution in [3.05, 3.63) is 93.4 Å². The van der Waals surface area contributed by atoms with Crippen molar-refractivity contribution in [3.63, 3.8) is 0 Å². The molecule has 0 radical (unpaired) electrons. The summed E-state index contributed by atoms with van der Waals surface area (Å²) >= 11 is 0. The highest BCUT2D eigenvalue weighted by Gasteiger charge is 2.29. The molecule has 7 heteroatoms. The van der Waals surface area contributed by atoms with E-state index in [-0.39, 0.29) is 17.4 Å². The third kappa shape index (κ3) is 4.73. The third-order valence-corrected chi connectivity index (χ3v) is 7.10. The lowest BCUT2D eigenvalue weighted by Gasteiger charge is -2.33. The Morgan fingerprint density at radius 2 is 1.86 bits per heavy atom. The quantitative estimate of drug-likeness (QED) is 0.450. The van der Waals surface area contributed by atoms with Gasteiger partial charge in [-0.2, -0.15) is 0 Å². The number of hydrogen-bond acceptors (Lipinski definition) is 5. The summed E-state index contributed by atoms with van der Waals surface area (Å²) in [5.74, 6) is 0.137. The van der Waals surface area contributed by atoms with Gasteiger partial charge in [-0.05, 0) is 68.5 Å². The standard InChI is InChI=1S/C29H31N5O2/c1-19-11-13-22(14-12-19)17-34-26-25(10-5-15-30-26)31-27(29(34)36)33-16-6-8-23(18-33)28(35)32-24-9-4-7-20(2)21(24)3/h4-5,7,9-15,23H,6,8,16-18H2,1-3H3,(H,32,35)/t23-/m0/s1. The summed E-state index contributed by atoms with van der Waals surface area (Å²) in [5, 5.41) is 3.11. The molecule has 1 fully saturated rings. The Kier molecular flexibility index (Phi) is 6.55.